The number of nitrogens with one attached hydrogen (secondary N) is 2. The monoisotopic (exact) mass is 380 g/mol. The summed E-state index contributed by atoms with van der Waals surface area (Å²) in [5, 5.41) is 10.4. The fraction of sp³-hybridized carbons (Fsp3) is 0.200. The lowest BCUT2D eigenvalue weighted by molar-refractivity contribution is -0.122. The highest BCUT2D eigenvalue weighted by Crippen LogP contribution is 2.18. The first-order valence-electron chi connectivity index (χ1n) is 8.76. The van der Waals surface area contributed by atoms with Crippen LogP contribution in [0.2, 0.25) is 0 Å². The molecule has 0 bridgehead atoms. The third-order valence-electron chi connectivity index (χ3n) is 4.03. The summed E-state index contributed by atoms with van der Waals surface area (Å²) in [6, 6.07) is 13.5. The van der Waals surface area contributed by atoms with Crippen molar-refractivity contribution in [2.24, 2.45) is 7.05 Å². The summed E-state index contributed by atoms with van der Waals surface area (Å²) in [5.74, 6) is -0.120. The lowest BCUT2D eigenvalue weighted by atomic mass is 10.1. The quantitative estimate of drug-likeness (QED) is 0.678. The highest BCUT2D eigenvalue weighted by atomic mass is 16.5. The van der Waals surface area contributed by atoms with Crippen LogP contribution < -0.4 is 20.9 Å². The third-order valence-corrected chi connectivity index (χ3v) is 4.03. The second-order valence-corrected chi connectivity index (χ2v) is 6.04. The summed E-state index contributed by atoms with van der Waals surface area (Å²) in [4.78, 5) is 36.3. The zero-order valence-electron chi connectivity index (χ0n) is 15.6. The van der Waals surface area contributed by atoms with Gasteiger partial charge in [0.15, 0.2) is 12.3 Å². The van der Waals surface area contributed by atoms with E-state index in [2.05, 4.69) is 15.7 Å². The number of nitrogens with zero attached hydrogens (tertiary/aromatic N) is 2. The van der Waals surface area contributed by atoms with Gasteiger partial charge in [-0.25, -0.2) is 4.68 Å². The number of amides is 2. The van der Waals surface area contributed by atoms with E-state index in [1.165, 1.54) is 7.05 Å². The second kappa shape index (κ2) is 8.34. The molecule has 0 aliphatic rings. The predicted octanol–water partition coefficient (Wildman–Crippen LogP) is 1.70. The Kier molecular flexibility index (Phi) is 5.69. The molecule has 1 heterocycles. The predicted molar refractivity (Wildman–Crippen MR) is 106 cm³/mol. The summed E-state index contributed by atoms with van der Waals surface area (Å²) in [6.45, 7) is 2.30. The molecular formula is C20H20N4O4. The van der Waals surface area contributed by atoms with Crippen molar-refractivity contribution in [2.45, 2.75) is 6.92 Å². The van der Waals surface area contributed by atoms with Crippen LogP contribution in [0.15, 0.2) is 53.3 Å². The van der Waals surface area contributed by atoms with E-state index in [-0.39, 0.29) is 23.8 Å². The van der Waals surface area contributed by atoms with E-state index in [9.17, 15) is 14.4 Å². The molecule has 0 saturated carbocycles. The molecule has 0 aliphatic carbocycles. The van der Waals surface area contributed by atoms with Crippen molar-refractivity contribution in [3.63, 3.8) is 0 Å². The number of aryl methyl sites for hydroxylation is 1. The van der Waals surface area contributed by atoms with Crippen LogP contribution >= 0.6 is 0 Å². The van der Waals surface area contributed by atoms with Crippen LogP contribution in [-0.4, -0.2) is 34.7 Å². The number of fused-ring (bicyclic) bond motifs is 1. The van der Waals surface area contributed by atoms with Crippen molar-refractivity contribution in [3.05, 3.63) is 64.6 Å². The summed E-state index contributed by atoms with van der Waals surface area (Å²) >= 11 is 0. The van der Waals surface area contributed by atoms with Crippen LogP contribution in [0.3, 0.4) is 0 Å². The smallest absolute Gasteiger partial charge is 0.276 e. The normalized spacial score (nSPS) is 10.5. The van der Waals surface area contributed by atoms with Crippen LogP contribution in [0.5, 0.6) is 5.75 Å². The summed E-state index contributed by atoms with van der Waals surface area (Å²) < 4.78 is 6.52. The molecule has 2 N–H and O–H groups in total. The van der Waals surface area contributed by atoms with Crippen molar-refractivity contribution < 1.29 is 14.3 Å². The minimum atomic E-state index is -0.428. The fourth-order valence-corrected chi connectivity index (χ4v) is 2.69. The fourth-order valence-electron chi connectivity index (χ4n) is 2.69. The van der Waals surface area contributed by atoms with Crippen molar-refractivity contribution in [3.8, 4) is 5.75 Å². The molecular weight excluding hydrogens is 360 g/mol. The molecule has 0 saturated heterocycles. The molecule has 0 radical (unpaired) electrons. The number of rotatable bonds is 6. The van der Waals surface area contributed by atoms with Gasteiger partial charge in [0, 0.05) is 24.7 Å². The van der Waals surface area contributed by atoms with Gasteiger partial charge < -0.3 is 15.4 Å². The number of hydrogen-bond donors (Lipinski definition) is 2. The van der Waals surface area contributed by atoms with E-state index in [1.807, 2.05) is 6.92 Å². The standard InChI is InChI=1S/C20H20N4O4/c1-3-21-17(25)12-28-14-10-8-13(9-11-14)22-19(26)18-15-6-4-5-7-16(15)20(27)24(2)23-18/h4-11H,3,12H2,1-2H3,(H,21,25)(H,22,26). The molecule has 2 amide bonds. The van der Waals surface area contributed by atoms with E-state index in [4.69, 9.17) is 4.74 Å². The maximum Gasteiger partial charge on any atom is 0.276 e. The molecule has 0 atom stereocenters. The molecule has 28 heavy (non-hydrogen) atoms. The van der Waals surface area contributed by atoms with Gasteiger partial charge >= 0.3 is 0 Å². The minimum Gasteiger partial charge on any atom is -0.484 e. The highest BCUT2D eigenvalue weighted by Gasteiger charge is 2.15. The number of likely N-dealkylation sites (N-methyl/N-ethyl adjacent to an activating group) is 1. The lowest BCUT2D eigenvalue weighted by Crippen LogP contribution is -2.28. The second-order valence-electron chi connectivity index (χ2n) is 6.04. The maximum atomic E-state index is 12.7. The van der Waals surface area contributed by atoms with Crippen molar-refractivity contribution in [1.29, 1.82) is 0 Å². The van der Waals surface area contributed by atoms with E-state index in [1.54, 1.807) is 48.5 Å². The van der Waals surface area contributed by atoms with E-state index in [0.717, 1.165) is 4.68 Å². The first-order valence-corrected chi connectivity index (χ1v) is 8.76. The highest BCUT2D eigenvalue weighted by molar-refractivity contribution is 6.11. The van der Waals surface area contributed by atoms with Crippen molar-refractivity contribution in [1.82, 2.24) is 15.1 Å². The van der Waals surface area contributed by atoms with Gasteiger partial charge in [-0.3, -0.25) is 14.4 Å². The average molecular weight is 380 g/mol. The topological polar surface area (TPSA) is 102 Å². The average Bonchev–Trinajstić information content (AvgIpc) is 2.70. The Hall–Kier alpha value is -3.68. The van der Waals surface area contributed by atoms with E-state index >= 15 is 0 Å². The van der Waals surface area contributed by atoms with Gasteiger partial charge in [0.1, 0.15) is 5.75 Å². The zero-order valence-corrected chi connectivity index (χ0v) is 15.6. The van der Waals surface area contributed by atoms with Crippen LogP contribution in [0.1, 0.15) is 17.4 Å². The Bertz CT molecular complexity index is 1070. The van der Waals surface area contributed by atoms with Crippen LogP contribution in [0.25, 0.3) is 10.8 Å². The molecule has 3 rings (SSSR count). The Balaban J connectivity index is 1.75. The number of carbonyl (C=O) groups excluding carboxylic acids is 2. The summed E-state index contributed by atoms with van der Waals surface area (Å²) in [6.07, 6.45) is 0. The Labute approximate surface area is 161 Å². The third kappa shape index (κ3) is 4.17. The van der Waals surface area contributed by atoms with Crippen LogP contribution in [0, 0.1) is 0 Å². The molecule has 0 fully saturated rings. The van der Waals surface area contributed by atoms with Crippen molar-refractivity contribution in [2.75, 3.05) is 18.5 Å². The number of hydrogen-bond acceptors (Lipinski definition) is 5. The van der Waals surface area contributed by atoms with Crippen LogP contribution in [-0.2, 0) is 11.8 Å². The molecule has 0 aliphatic heterocycles. The van der Waals surface area contributed by atoms with Gasteiger partial charge in [-0.15, -0.1) is 0 Å². The number of ether oxygens (including phenoxy) is 1. The molecule has 0 spiro atoms. The molecule has 8 heteroatoms. The summed E-state index contributed by atoms with van der Waals surface area (Å²) in [5.41, 5.74) is 0.435. The van der Waals surface area contributed by atoms with Gasteiger partial charge in [-0.2, -0.15) is 5.10 Å². The molecule has 1 aromatic heterocycles. The molecule has 144 valence electrons. The Morgan fingerprint density at radius 3 is 2.43 bits per heavy atom. The van der Waals surface area contributed by atoms with Gasteiger partial charge in [-0.1, -0.05) is 18.2 Å². The van der Waals surface area contributed by atoms with Gasteiger partial charge in [0.05, 0.1) is 5.39 Å². The lowest BCUT2D eigenvalue weighted by Gasteiger charge is -2.10. The Morgan fingerprint density at radius 2 is 1.75 bits per heavy atom. The van der Waals surface area contributed by atoms with E-state index in [0.29, 0.717) is 28.8 Å². The largest absolute Gasteiger partial charge is 0.484 e. The first kappa shape index (κ1) is 19.1. The molecule has 0 unspecified atom stereocenters. The van der Waals surface area contributed by atoms with Gasteiger partial charge in [0.25, 0.3) is 17.4 Å². The molecule has 8 nitrogen and oxygen atoms in total. The van der Waals surface area contributed by atoms with Gasteiger partial charge in [0.2, 0.25) is 0 Å². The summed E-state index contributed by atoms with van der Waals surface area (Å²) in [7, 11) is 1.51. The maximum absolute atomic E-state index is 12.7. The SMILES string of the molecule is CCNC(=O)COc1ccc(NC(=O)c2nn(C)c(=O)c3ccccc23)cc1. The van der Waals surface area contributed by atoms with Crippen LogP contribution in [0.4, 0.5) is 5.69 Å². The minimum absolute atomic E-state index is 0.0759. The Morgan fingerprint density at radius 1 is 1.07 bits per heavy atom. The number of anilines is 1. The number of aromatic nitrogens is 2. The molecule has 2 aromatic carbocycles. The van der Waals surface area contributed by atoms with E-state index < -0.39 is 5.91 Å². The number of carbonyl (C=O) groups is 2. The van der Waals surface area contributed by atoms with Crippen molar-refractivity contribution >= 4 is 28.3 Å². The number of benzene rings is 2. The molecule has 3 aromatic rings. The first-order chi connectivity index (χ1) is 13.5. The van der Waals surface area contributed by atoms with Gasteiger partial charge in [-0.05, 0) is 37.3 Å². The zero-order chi connectivity index (χ0) is 20.1.